The van der Waals surface area contributed by atoms with E-state index < -0.39 is 5.97 Å². The molecule has 1 aromatic rings. The second-order valence-electron chi connectivity index (χ2n) is 4.24. The minimum absolute atomic E-state index is 0.0457. The highest BCUT2D eigenvalue weighted by Gasteiger charge is 2.15. The quantitative estimate of drug-likeness (QED) is 0.756. The first-order chi connectivity index (χ1) is 9.12. The Morgan fingerprint density at radius 3 is 2.63 bits per heavy atom. The number of carbonyl (C=O) groups is 1. The van der Waals surface area contributed by atoms with Crippen LogP contribution >= 0.6 is 0 Å². The molecule has 0 aliphatic carbocycles. The van der Waals surface area contributed by atoms with Crippen LogP contribution in [0.3, 0.4) is 0 Å². The SMILES string of the molecule is CNC(CCCC(=O)O)c1cc(OC)ccc1OC. The van der Waals surface area contributed by atoms with Crippen LogP contribution in [0.15, 0.2) is 18.2 Å². The summed E-state index contributed by atoms with van der Waals surface area (Å²) >= 11 is 0. The molecule has 0 spiro atoms. The van der Waals surface area contributed by atoms with Crippen molar-refractivity contribution in [2.75, 3.05) is 21.3 Å². The van der Waals surface area contributed by atoms with E-state index in [4.69, 9.17) is 14.6 Å². The first-order valence-corrected chi connectivity index (χ1v) is 6.23. The number of methoxy groups -OCH3 is 2. The van der Waals surface area contributed by atoms with Gasteiger partial charge < -0.3 is 19.9 Å². The highest BCUT2D eigenvalue weighted by atomic mass is 16.5. The van der Waals surface area contributed by atoms with Crippen LogP contribution in [0.4, 0.5) is 0 Å². The van der Waals surface area contributed by atoms with Crippen LogP contribution in [0.2, 0.25) is 0 Å². The van der Waals surface area contributed by atoms with E-state index >= 15 is 0 Å². The summed E-state index contributed by atoms with van der Waals surface area (Å²) < 4.78 is 10.6. The minimum Gasteiger partial charge on any atom is -0.497 e. The zero-order valence-corrected chi connectivity index (χ0v) is 11.6. The van der Waals surface area contributed by atoms with E-state index in [1.165, 1.54) is 0 Å². The number of hydrogen-bond acceptors (Lipinski definition) is 4. The van der Waals surface area contributed by atoms with E-state index in [0.717, 1.165) is 23.5 Å². The fraction of sp³-hybridized carbons (Fsp3) is 0.500. The van der Waals surface area contributed by atoms with Gasteiger partial charge in [0.15, 0.2) is 0 Å². The van der Waals surface area contributed by atoms with Gasteiger partial charge in [0.1, 0.15) is 11.5 Å². The molecule has 5 heteroatoms. The first kappa shape index (κ1) is 15.3. The standard InChI is InChI=1S/C14H21NO4/c1-15-12(5-4-6-14(16)17)11-9-10(18-2)7-8-13(11)19-3/h7-9,12,15H,4-6H2,1-3H3,(H,16,17). The van der Waals surface area contributed by atoms with E-state index in [1.54, 1.807) is 14.2 Å². The topological polar surface area (TPSA) is 67.8 Å². The summed E-state index contributed by atoms with van der Waals surface area (Å²) in [5.74, 6) is 0.761. The van der Waals surface area contributed by atoms with Crippen molar-refractivity contribution >= 4 is 5.97 Å². The maximum absolute atomic E-state index is 10.6. The zero-order valence-electron chi connectivity index (χ0n) is 11.6. The number of carboxylic acids is 1. The number of nitrogens with one attached hydrogen (secondary N) is 1. The average molecular weight is 267 g/mol. The van der Waals surface area contributed by atoms with E-state index in [2.05, 4.69) is 5.32 Å². The predicted molar refractivity (Wildman–Crippen MR) is 72.8 cm³/mol. The molecule has 0 aliphatic heterocycles. The van der Waals surface area contributed by atoms with Crippen LogP contribution in [-0.4, -0.2) is 32.3 Å². The third-order valence-corrected chi connectivity index (χ3v) is 3.04. The maximum Gasteiger partial charge on any atom is 0.303 e. The molecule has 2 N–H and O–H groups in total. The van der Waals surface area contributed by atoms with Crippen LogP contribution < -0.4 is 14.8 Å². The van der Waals surface area contributed by atoms with Crippen molar-refractivity contribution in [1.82, 2.24) is 5.32 Å². The van der Waals surface area contributed by atoms with Crippen LogP contribution in [0, 0.1) is 0 Å². The number of benzene rings is 1. The Hall–Kier alpha value is -1.75. The number of ether oxygens (including phenoxy) is 2. The van der Waals surface area contributed by atoms with Gasteiger partial charge in [-0.25, -0.2) is 0 Å². The Bertz CT molecular complexity index is 420. The third-order valence-electron chi connectivity index (χ3n) is 3.04. The second-order valence-corrected chi connectivity index (χ2v) is 4.24. The predicted octanol–water partition coefficient (Wildman–Crippen LogP) is 2.22. The molecular weight excluding hydrogens is 246 g/mol. The van der Waals surface area contributed by atoms with Gasteiger partial charge in [-0.2, -0.15) is 0 Å². The van der Waals surface area contributed by atoms with Crippen molar-refractivity contribution in [2.24, 2.45) is 0 Å². The van der Waals surface area contributed by atoms with Crippen molar-refractivity contribution in [1.29, 1.82) is 0 Å². The van der Waals surface area contributed by atoms with Gasteiger partial charge in [0.25, 0.3) is 0 Å². The van der Waals surface area contributed by atoms with Crippen molar-refractivity contribution < 1.29 is 19.4 Å². The largest absolute Gasteiger partial charge is 0.497 e. The van der Waals surface area contributed by atoms with Crippen LogP contribution in [-0.2, 0) is 4.79 Å². The number of carboxylic acid groups (broad SMARTS) is 1. The van der Waals surface area contributed by atoms with Crippen LogP contribution in [0.1, 0.15) is 30.9 Å². The van der Waals surface area contributed by atoms with Gasteiger partial charge in [0.2, 0.25) is 0 Å². The summed E-state index contributed by atoms with van der Waals surface area (Å²) in [4.78, 5) is 10.6. The summed E-state index contributed by atoms with van der Waals surface area (Å²) in [6, 6.07) is 5.66. The van der Waals surface area contributed by atoms with Crippen LogP contribution in [0.25, 0.3) is 0 Å². The highest BCUT2D eigenvalue weighted by molar-refractivity contribution is 5.66. The molecule has 19 heavy (non-hydrogen) atoms. The second kappa shape index (κ2) is 7.63. The van der Waals surface area contributed by atoms with Gasteiger partial charge in [-0.15, -0.1) is 0 Å². The summed E-state index contributed by atoms with van der Waals surface area (Å²) in [6.07, 6.45) is 1.51. The Labute approximate surface area is 113 Å². The molecule has 1 rings (SSSR count). The molecule has 0 fully saturated rings. The molecule has 0 saturated heterocycles. The Morgan fingerprint density at radius 2 is 2.11 bits per heavy atom. The third kappa shape index (κ3) is 4.44. The smallest absolute Gasteiger partial charge is 0.303 e. The minimum atomic E-state index is -0.771. The Kier molecular flexibility index (Phi) is 6.15. The highest BCUT2D eigenvalue weighted by Crippen LogP contribution is 2.31. The molecule has 106 valence electrons. The average Bonchev–Trinajstić information content (AvgIpc) is 2.42. The summed E-state index contributed by atoms with van der Waals surface area (Å²) in [6.45, 7) is 0. The van der Waals surface area contributed by atoms with E-state index in [-0.39, 0.29) is 12.5 Å². The van der Waals surface area contributed by atoms with Crippen molar-refractivity contribution in [2.45, 2.75) is 25.3 Å². The molecule has 5 nitrogen and oxygen atoms in total. The fourth-order valence-corrected chi connectivity index (χ4v) is 2.02. The van der Waals surface area contributed by atoms with Crippen molar-refractivity contribution in [3.8, 4) is 11.5 Å². The number of rotatable bonds is 8. The molecule has 1 unspecified atom stereocenters. The monoisotopic (exact) mass is 267 g/mol. The number of aliphatic carboxylic acids is 1. The summed E-state index contributed by atoms with van der Waals surface area (Å²) in [5, 5.41) is 11.9. The van der Waals surface area contributed by atoms with Gasteiger partial charge in [-0.3, -0.25) is 4.79 Å². The molecule has 1 aromatic carbocycles. The van der Waals surface area contributed by atoms with Gasteiger partial charge in [-0.1, -0.05) is 0 Å². The lowest BCUT2D eigenvalue weighted by Crippen LogP contribution is -2.17. The molecule has 0 heterocycles. The van der Waals surface area contributed by atoms with E-state index in [1.807, 2.05) is 25.2 Å². The van der Waals surface area contributed by atoms with Crippen molar-refractivity contribution in [3.05, 3.63) is 23.8 Å². The van der Waals surface area contributed by atoms with E-state index in [0.29, 0.717) is 6.42 Å². The molecule has 0 aliphatic rings. The molecule has 0 saturated carbocycles. The lowest BCUT2D eigenvalue weighted by molar-refractivity contribution is -0.137. The molecular formula is C14H21NO4. The Balaban J connectivity index is 2.85. The summed E-state index contributed by atoms with van der Waals surface area (Å²) in [5.41, 5.74) is 0.981. The van der Waals surface area contributed by atoms with E-state index in [9.17, 15) is 4.79 Å². The molecule has 0 radical (unpaired) electrons. The lowest BCUT2D eigenvalue weighted by Gasteiger charge is -2.20. The zero-order chi connectivity index (χ0) is 14.3. The van der Waals surface area contributed by atoms with Gasteiger partial charge in [0.05, 0.1) is 14.2 Å². The van der Waals surface area contributed by atoms with Crippen molar-refractivity contribution in [3.63, 3.8) is 0 Å². The maximum atomic E-state index is 10.6. The Morgan fingerprint density at radius 1 is 1.37 bits per heavy atom. The summed E-state index contributed by atoms with van der Waals surface area (Å²) in [7, 11) is 5.09. The van der Waals surface area contributed by atoms with Crippen LogP contribution in [0.5, 0.6) is 11.5 Å². The van der Waals surface area contributed by atoms with Gasteiger partial charge >= 0.3 is 5.97 Å². The lowest BCUT2D eigenvalue weighted by atomic mass is 9.99. The normalized spacial score (nSPS) is 11.9. The molecule has 1 atom stereocenters. The first-order valence-electron chi connectivity index (χ1n) is 6.23. The number of hydrogen-bond donors (Lipinski definition) is 2. The molecule has 0 bridgehead atoms. The van der Waals surface area contributed by atoms with Gasteiger partial charge in [0, 0.05) is 18.0 Å². The molecule has 0 amide bonds. The molecule has 0 aromatic heterocycles. The fourth-order valence-electron chi connectivity index (χ4n) is 2.02. The van der Waals surface area contributed by atoms with Gasteiger partial charge in [-0.05, 0) is 38.1 Å².